The molecule has 2 heterocycles. The molecule has 1 unspecified atom stereocenters. The standard InChI is InChI=1S/C13H23N3O/c1-3-11-7-12(16(2)15-11)8-13(10-17)5-4-6-14-9-13/h7,14,17H,3-6,8-10H2,1-2H3. The van der Waals surface area contributed by atoms with Crippen LogP contribution in [0.2, 0.25) is 0 Å². The number of piperidine rings is 1. The minimum absolute atomic E-state index is 0.0110. The van der Waals surface area contributed by atoms with Gasteiger partial charge in [0, 0.05) is 24.7 Å². The third kappa shape index (κ3) is 2.69. The molecule has 0 aromatic carbocycles. The smallest absolute Gasteiger partial charge is 0.0624 e. The normalized spacial score (nSPS) is 25.1. The lowest BCUT2D eigenvalue weighted by Gasteiger charge is -2.36. The van der Waals surface area contributed by atoms with Crippen LogP contribution in [-0.2, 0) is 19.9 Å². The largest absolute Gasteiger partial charge is 0.396 e. The number of aliphatic hydroxyl groups is 1. The Morgan fingerprint density at radius 2 is 2.41 bits per heavy atom. The van der Waals surface area contributed by atoms with Gasteiger partial charge in [0.25, 0.3) is 0 Å². The van der Waals surface area contributed by atoms with E-state index in [2.05, 4.69) is 23.4 Å². The van der Waals surface area contributed by atoms with Gasteiger partial charge in [-0.2, -0.15) is 5.10 Å². The van der Waals surface area contributed by atoms with Crippen molar-refractivity contribution in [1.29, 1.82) is 0 Å². The third-order valence-electron chi connectivity index (χ3n) is 3.84. The summed E-state index contributed by atoms with van der Waals surface area (Å²) in [5.41, 5.74) is 2.39. The monoisotopic (exact) mass is 237 g/mol. The molecule has 4 heteroatoms. The van der Waals surface area contributed by atoms with Crippen molar-refractivity contribution in [2.75, 3.05) is 19.7 Å². The van der Waals surface area contributed by atoms with Crippen LogP contribution in [-0.4, -0.2) is 34.6 Å². The number of hydrogen-bond donors (Lipinski definition) is 2. The SMILES string of the molecule is CCc1cc(CC2(CO)CCCNC2)n(C)n1. The van der Waals surface area contributed by atoms with Crippen molar-refractivity contribution in [2.24, 2.45) is 12.5 Å². The van der Waals surface area contributed by atoms with Crippen LogP contribution in [0, 0.1) is 5.41 Å². The molecule has 96 valence electrons. The second kappa shape index (κ2) is 5.19. The van der Waals surface area contributed by atoms with Crippen molar-refractivity contribution in [3.8, 4) is 0 Å². The first-order valence-electron chi connectivity index (χ1n) is 6.52. The van der Waals surface area contributed by atoms with Crippen LogP contribution in [0.25, 0.3) is 0 Å². The Morgan fingerprint density at radius 3 is 2.94 bits per heavy atom. The van der Waals surface area contributed by atoms with Crippen LogP contribution < -0.4 is 5.32 Å². The highest BCUT2D eigenvalue weighted by atomic mass is 16.3. The molecule has 17 heavy (non-hydrogen) atoms. The van der Waals surface area contributed by atoms with E-state index in [0.29, 0.717) is 0 Å². The van der Waals surface area contributed by atoms with E-state index >= 15 is 0 Å². The van der Waals surface area contributed by atoms with Crippen molar-refractivity contribution in [1.82, 2.24) is 15.1 Å². The first kappa shape index (κ1) is 12.6. The summed E-state index contributed by atoms with van der Waals surface area (Å²) in [6, 6.07) is 2.17. The number of nitrogens with one attached hydrogen (secondary N) is 1. The first-order chi connectivity index (χ1) is 8.19. The molecule has 4 nitrogen and oxygen atoms in total. The Balaban J connectivity index is 2.14. The predicted octanol–water partition coefficient (Wildman–Crippen LogP) is 0.887. The molecule has 2 rings (SSSR count). The Hall–Kier alpha value is -0.870. The minimum Gasteiger partial charge on any atom is -0.396 e. The van der Waals surface area contributed by atoms with E-state index < -0.39 is 0 Å². The van der Waals surface area contributed by atoms with Gasteiger partial charge in [-0.05, 0) is 38.3 Å². The highest BCUT2D eigenvalue weighted by molar-refractivity contribution is 5.13. The first-order valence-corrected chi connectivity index (χ1v) is 6.52. The zero-order valence-electron chi connectivity index (χ0n) is 10.9. The second-order valence-corrected chi connectivity index (χ2v) is 5.22. The van der Waals surface area contributed by atoms with Crippen LogP contribution in [0.15, 0.2) is 6.07 Å². The quantitative estimate of drug-likeness (QED) is 0.817. The average Bonchev–Trinajstić information content (AvgIpc) is 2.71. The fourth-order valence-corrected chi connectivity index (χ4v) is 2.67. The number of aromatic nitrogens is 2. The number of nitrogens with zero attached hydrogens (tertiary/aromatic N) is 2. The maximum absolute atomic E-state index is 9.69. The Kier molecular flexibility index (Phi) is 3.84. The van der Waals surface area contributed by atoms with Crippen molar-refractivity contribution in [3.05, 3.63) is 17.5 Å². The minimum atomic E-state index is 0.0110. The molecule has 0 saturated carbocycles. The third-order valence-corrected chi connectivity index (χ3v) is 3.84. The van der Waals surface area contributed by atoms with Gasteiger partial charge in [-0.15, -0.1) is 0 Å². The summed E-state index contributed by atoms with van der Waals surface area (Å²) in [4.78, 5) is 0. The zero-order chi connectivity index (χ0) is 12.3. The summed E-state index contributed by atoms with van der Waals surface area (Å²) in [6.45, 7) is 4.37. The molecule has 1 atom stereocenters. The van der Waals surface area contributed by atoms with Gasteiger partial charge in [0.05, 0.1) is 12.3 Å². The van der Waals surface area contributed by atoms with Gasteiger partial charge in [0.1, 0.15) is 0 Å². The van der Waals surface area contributed by atoms with Gasteiger partial charge >= 0.3 is 0 Å². The van der Waals surface area contributed by atoms with Crippen LogP contribution in [0.5, 0.6) is 0 Å². The highest BCUT2D eigenvalue weighted by Gasteiger charge is 2.32. The van der Waals surface area contributed by atoms with Gasteiger partial charge in [-0.3, -0.25) is 4.68 Å². The lowest BCUT2D eigenvalue weighted by molar-refractivity contribution is 0.0929. The molecule has 1 aromatic heterocycles. The molecule has 0 amide bonds. The van der Waals surface area contributed by atoms with E-state index in [1.165, 1.54) is 5.69 Å². The predicted molar refractivity (Wildman–Crippen MR) is 67.9 cm³/mol. The van der Waals surface area contributed by atoms with E-state index in [0.717, 1.165) is 44.5 Å². The van der Waals surface area contributed by atoms with Crippen LogP contribution in [0.4, 0.5) is 0 Å². The lowest BCUT2D eigenvalue weighted by Crippen LogP contribution is -2.44. The fourth-order valence-electron chi connectivity index (χ4n) is 2.67. The van der Waals surface area contributed by atoms with E-state index in [4.69, 9.17) is 0 Å². The molecular weight excluding hydrogens is 214 g/mol. The van der Waals surface area contributed by atoms with E-state index in [1.807, 2.05) is 11.7 Å². The Morgan fingerprint density at radius 1 is 1.59 bits per heavy atom. The van der Waals surface area contributed by atoms with Gasteiger partial charge in [0.2, 0.25) is 0 Å². The molecule has 1 aliphatic rings. The van der Waals surface area contributed by atoms with Crippen LogP contribution >= 0.6 is 0 Å². The molecule has 0 bridgehead atoms. The summed E-state index contributed by atoms with van der Waals surface area (Å²) < 4.78 is 1.96. The van der Waals surface area contributed by atoms with Crippen molar-refractivity contribution in [2.45, 2.75) is 32.6 Å². The fraction of sp³-hybridized carbons (Fsp3) is 0.769. The van der Waals surface area contributed by atoms with Gasteiger partial charge in [-0.1, -0.05) is 6.92 Å². The maximum Gasteiger partial charge on any atom is 0.0624 e. The van der Waals surface area contributed by atoms with E-state index in [9.17, 15) is 5.11 Å². The lowest BCUT2D eigenvalue weighted by atomic mass is 9.77. The second-order valence-electron chi connectivity index (χ2n) is 5.22. The average molecular weight is 237 g/mol. The number of rotatable bonds is 4. The summed E-state index contributed by atoms with van der Waals surface area (Å²) in [5.74, 6) is 0. The Labute approximate surface area is 103 Å². The summed E-state index contributed by atoms with van der Waals surface area (Å²) in [5, 5.41) is 17.6. The van der Waals surface area contributed by atoms with Crippen molar-refractivity contribution < 1.29 is 5.11 Å². The molecule has 1 aliphatic heterocycles. The molecule has 1 fully saturated rings. The molecule has 1 aromatic rings. The highest BCUT2D eigenvalue weighted by Crippen LogP contribution is 2.30. The van der Waals surface area contributed by atoms with Crippen LogP contribution in [0.1, 0.15) is 31.2 Å². The molecule has 2 N–H and O–H groups in total. The molecule has 0 radical (unpaired) electrons. The maximum atomic E-state index is 9.69. The molecule has 0 aliphatic carbocycles. The molecular formula is C13H23N3O. The zero-order valence-corrected chi connectivity index (χ0v) is 10.9. The summed E-state index contributed by atoms with van der Waals surface area (Å²) in [7, 11) is 2.00. The van der Waals surface area contributed by atoms with E-state index in [-0.39, 0.29) is 12.0 Å². The van der Waals surface area contributed by atoms with Crippen molar-refractivity contribution >= 4 is 0 Å². The van der Waals surface area contributed by atoms with Gasteiger partial charge in [0.15, 0.2) is 0 Å². The summed E-state index contributed by atoms with van der Waals surface area (Å²) in [6.07, 6.45) is 4.14. The molecule has 0 spiro atoms. The molecule has 1 saturated heterocycles. The number of aliphatic hydroxyl groups excluding tert-OH is 1. The summed E-state index contributed by atoms with van der Waals surface area (Å²) >= 11 is 0. The Bertz CT molecular complexity index is 367. The number of hydrogen-bond acceptors (Lipinski definition) is 3. The van der Waals surface area contributed by atoms with Crippen LogP contribution in [0.3, 0.4) is 0 Å². The number of aryl methyl sites for hydroxylation is 2. The van der Waals surface area contributed by atoms with Gasteiger partial charge in [-0.25, -0.2) is 0 Å². The van der Waals surface area contributed by atoms with Crippen molar-refractivity contribution in [3.63, 3.8) is 0 Å². The topological polar surface area (TPSA) is 50.1 Å². The van der Waals surface area contributed by atoms with Gasteiger partial charge < -0.3 is 10.4 Å². The van der Waals surface area contributed by atoms with E-state index in [1.54, 1.807) is 0 Å².